The molecule has 164 valence electrons. The Kier molecular flexibility index (Phi) is 9.23. The van der Waals surface area contributed by atoms with E-state index in [2.05, 4.69) is 15.0 Å². The second kappa shape index (κ2) is 12.4. The first-order valence-electron chi connectivity index (χ1n) is 10.3. The molecule has 0 saturated carbocycles. The fourth-order valence-corrected chi connectivity index (χ4v) is 3.21. The number of methoxy groups -OCH3 is 1. The molecule has 0 N–H and O–H groups in total. The van der Waals surface area contributed by atoms with Gasteiger partial charge in [-0.05, 0) is 18.6 Å². The largest absolute Gasteiger partial charge is 0.382 e. The second-order valence-corrected chi connectivity index (χ2v) is 7.05. The Hall–Kier alpha value is -2.33. The van der Waals surface area contributed by atoms with Crippen molar-refractivity contribution in [1.29, 1.82) is 0 Å². The van der Waals surface area contributed by atoms with Crippen LogP contribution in [0.3, 0.4) is 0 Å². The van der Waals surface area contributed by atoms with E-state index in [9.17, 15) is 4.79 Å². The highest BCUT2D eigenvalue weighted by molar-refractivity contribution is 5.77. The summed E-state index contributed by atoms with van der Waals surface area (Å²) in [5.41, 5.74) is 0.910. The topological polar surface area (TPSA) is 90.2 Å². The summed E-state index contributed by atoms with van der Waals surface area (Å²) in [7, 11) is 1.63. The van der Waals surface area contributed by atoms with Crippen molar-refractivity contribution in [3.8, 4) is 11.5 Å². The summed E-state index contributed by atoms with van der Waals surface area (Å²) in [6.45, 7) is 5.67. The van der Waals surface area contributed by atoms with E-state index >= 15 is 0 Å². The van der Waals surface area contributed by atoms with Crippen molar-refractivity contribution in [3.05, 3.63) is 36.2 Å². The van der Waals surface area contributed by atoms with Gasteiger partial charge in [0.2, 0.25) is 5.91 Å². The summed E-state index contributed by atoms with van der Waals surface area (Å²) in [5.74, 6) is 1.20. The molecule has 0 bridgehead atoms. The molecule has 3 rings (SSSR count). The lowest BCUT2D eigenvalue weighted by Gasteiger charge is -2.21. The van der Waals surface area contributed by atoms with Crippen LogP contribution >= 0.6 is 0 Å². The SMILES string of the molecule is COCCOCCOCC(=O)N1CCCN(Cc2noc(-c3ccccc3)n2)CC1. The standard InChI is InChI=1S/C21H30N4O5/c1-27-12-13-28-14-15-29-17-20(26)25-9-5-8-24(10-11-25)16-19-22-21(30-23-19)18-6-3-2-4-7-18/h2-4,6-7H,5,8-17H2,1H3. The molecule has 0 atom stereocenters. The monoisotopic (exact) mass is 418 g/mol. The van der Waals surface area contributed by atoms with Crippen molar-refractivity contribution in [2.24, 2.45) is 0 Å². The Balaban J connectivity index is 1.37. The fraction of sp³-hybridized carbons (Fsp3) is 0.571. The molecule has 1 aliphatic rings. The number of carbonyl (C=O) groups is 1. The third-order valence-corrected chi connectivity index (χ3v) is 4.82. The van der Waals surface area contributed by atoms with E-state index in [1.165, 1.54) is 0 Å². The minimum atomic E-state index is 0.0136. The number of nitrogens with zero attached hydrogens (tertiary/aromatic N) is 4. The van der Waals surface area contributed by atoms with Crippen LogP contribution < -0.4 is 0 Å². The number of aromatic nitrogens is 2. The maximum absolute atomic E-state index is 12.4. The average Bonchev–Trinajstić information content (AvgIpc) is 3.11. The summed E-state index contributed by atoms with van der Waals surface area (Å²) >= 11 is 0. The molecule has 2 aromatic rings. The van der Waals surface area contributed by atoms with Crippen LogP contribution in [0.5, 0.6) is 0 Å². The summed E-state index contributed by atoms with van der Waals surface area (Å²) in [5, 5.41) is 4.10. The van der Waals surface area contributed by atoms with Crippen molar-refractivity contribution in [2.75, 3.05) is 66.3 Å². The van der Waals surface area contributed by atoms with Crippen molar-refractivity contribution in [1.82, 2.24) is 19.9 Å². The van der Waals surface area contributed by atoms with Crippen LogP contribution in [0.4, 0.5) is 0 Å². The van der Waals surface area contributed by atoms with Crippen molar-refractivity contribution < 1.29 is 23.5 Å². The Morgan fingerprint density at radius 3 is 2.67 bits per heavy atom. The minimum Gasteiger partial charge on any atom is -0.382 e. The van der Waals surface area contributed by atoms with E-state index in [1.54, 1.807) is 7.11 Å². The van der Waals surface area contributed by atoms with Crippen LogP contribution in [0.2, 0.25) is 0 Å². The second-order valence-electron chi connectivity index (χ2n) is 7.05. The van der Waals surface area contributed by atoms with Crippen LogP contribution in [-0.4, -0.2) is 92.2 Å². The van der Waals surface area contributed by atoms with E-state index in [4.69, 9.17) is 18.7 Å². The molecular formula is C21H30N4O5. The maximum atomic E-state index is 12.4. The predicted octanol–water partition coefficient (Wildman–Crippen LogP) is 1.45. The molecule has 30 heavy (non-hydrogen) atoms. The lowest BCUT2D eigenvalue weighted by Crippen LogP contribution is -2.37. The van der Waals surface area contributed by atoms with Gasteiger partial charge in [-0.25, -0.2) is 0 Å². The number of carbonyl (C=O) groups excluding carboxylic acids is 1. The van der Waals surface area contributed by atoms with Gasteiger partial charge in [0, 0.05) is 38.9 Å². The molecule has 1 amide bonds. The van der Waals surface area contributed by atoms with Gasteiger partial charge < -0.3 is 23.6 Å². The van der Waals surface area contributed by atoms with Gasteiger partial charge in [-0.3, -0.25) is 9.69 Å². The first-order chi connectivity index (χ1) is 14.8. The van der Waals surface area contributed by atoms with E-state index in [0.717, 1.165) is 31.6 Å². The van der Waals surface area contributed by atoms with Crippen molar-refractivity contribution in [3.63, 3.8) is 0 Å². The van der Waals surface area contributed by atoms with E-state index < -0.39 is 0 Å². The summed E-state index contributed by atoms with van der Waals surface area (Å²) < 4.78 is 21.0. The lowest BCUT2D eigenvalue weighted by atomic mass is 10.2. The first-order valence-corrected chi connectivity index (χ1v) is 10.3. The van der Waals surface area contributed by atoms with Crippen LogP contribution in [0.25, 0.3) is 11.5 Å². The van der Waals surface area contributed by atoms with Gasteiger partial charge >= 0.3 is 0 Å². The third-order valence-electron chi connectivity index (χ3n) is 4.82. The highest BCUT2D eigenvalue weighted by atomic mass is 16.5. The van der Waals surface area contributed by atoms with Crippen LogP contribution in [0, 0.1) is 0 Å². The van der Waals surface area contributed by atoms with Gasteiger partial charge in [0.05, 0.1) is 33.0 Å². The number of hydrogen-bond donors (Lipinski definition) is 0. The zero-order valence-corrected chi connectivity index (χ0v) is 17.5. The summed E-state index contributed by atoms with van der Waals surface area (Å²) in [6.07, 6.45) is 0.898. The molecular weight excluding hydrogens is 388 g/mol. The fourth-order valence-electron chi connectivity index (χ4n) is 3.21. The predicted molar refractivity (Wildman–Crippen MR) is 110 cm³/mol. The molecule has 9 heteroatoms. The van der Waals surface area contributed by atoms with Crippen molar-refractivity contribution in [2.45, 2.75) is 13.0 Å². The van der Waals surface area contributed by atoms with Gasteiger partial charge in [-0.15, -0.1) is 0 Å². The average molecular weight is 418 g/mol. The van der Waals surface area contributed by atoms with E-state index in [-0.39, 0.29) is 12.5 Å². The zero-order chi connectivity index (χ0) is 21.0. The molecule has 1 aromatic carbocycles. The van der Waals surface area contributed by atoms with Crippen molar-refractivity contribution >= 4 is 5.91 Å². The lowest BCUT2D eigenvalue weighted by molar-refractivity contribution is -0.136. The Labute approximate surface area is 176 Å². The molecule has 1 aliphatic heterocycles. The molecule has 1 fully saturated rings. The quantitative estimate of drug-likeness (QED) is 0.507. The Morgan fingerprint density at radius 2 is 1.83 bits per heavy atom. The highest BCUT2D eigenvalue weighted by Gasteiger charge is 2.20. The normalized spacial score (nSPS) is 15.3. The number of rotatable bonds is 11. The van der Waals surface area contributed by atoms with E-state index in [0.29, 0.717) is 51.2 Å². The van der Waals surface area contributed by atoms with Gasteiger partial charge in [-0.2, -0.15) is 4.98 Å². The van der Waals surface area contributed by atoms with E-state index in [1.807, 2.05) is 35.2 Å². The zero-order valence-electron chi connectivity index (χ0n) is 17.5. The number of ether oxygens (including phenoxy) is 3. The molecule has 0 aliphatic carbocycles. The Bertz CT molecular complexity index is 755. The summed E-state index contributed by atoms with van der Waals surface area (Å²) in [6, 6.07) is 9.73. The van der Waals surface area contributed by atoms with Gasteiger partial charge in [0.1, 0.15) is 6.61 Å². The Morgan fingerprint density at radius 1 is 1.03 bits per heavy atom. The van der Waals surface area contributed by atoms with Gasteiger partial charge in [-0.1, -0.05) is 23.4 Å². The maximum Gasteiger partial charge on any atom is 0.257 e. The van der Waals surface area contributed by atoms with Crippen LogP contribution in [-0.2, 0) is 25.5 Å². The van der Waals surface area contributed by atoms with Gasteiger partial charge in [0.15, 0.2) is 5.82 Å². The van der Waals surface area contributed by atoms with Gasteiger partial charge in [0.25, 0.3) is 5.89 Å². The molecule has 0 unspecified atom stereocenters. The first kappa shape index (κ1) is 22.4. The van der Waals surface area contributed by atoms with Crippen LogP contribution in [0.15, 0.2) is 34.9 Å². The molecule has 1 aromatic heterocycles. The summed E-state index contributed by atoms with van der Waals surface area (Å²) in [4.78, 5) is 21.0. The van der Waals surface area contributed by atoms with Crippen LogP contribution in [0.1, 0.15) is 12.2 Å². The molecule has 0 radical (unpaired) electrons. The highest BCUT2D eigenvalue weighted by Crippen LogP contribution is 2.17. The molecule has 0 spiro atoms. The number of hydrogen-bond acceptors (Lipinski definition) is 8. The number of amides is 1. The number of benzene rings is 1. The third kappa shape index (κ3) is 7.17. The molecule has 1 saturated heterocycles. The minimum absolute atomic E-state index is 0.0136. The molecule has 2 heterocycles. The molecule has 9 nitrogen and oxygen atoms in total. The smallest absolute Gasteiger partial charge is 0.257 e.